The van der Waals surface area contributed by atoms with Crippen molar-refractivity contribution >= 4 is 0 Å². The zero-order chi connectivity index (χ0) is 15.5. The second-order valence-corrected chi connectivity index (χ2v) is 5.91. The van der Waals surface area contributed by atoms with E-state index in [4.69, 9.17) is 11.2 Å². The lowest BCUT2D eigenvalue weighted by molar-refractivity contribution is 0.0751. The molecular weight excluding hydrogens is 244 g/mol. The maximum atomic E-state index is 5.91. The first-order valence-electron chi connectivity index (χ1n) is 7.42. The maximum absolute atomic E-state index is 5.91. The Morgan fingerprint density at radius 1 is 1.15 bits per heavy atom. The van der Waals surface area contributed by atoms with E-state index >= 15 is 0 Å². The lowest BCUT2D eigenvalue weighted by atomic mass is 10.0. The van der Waals surface area contributed by atoms with Gasteiger partial charge in [-0.05, 0) is 58.1 Å². The molecule has 20 heavy (non-hydrogen) atoms. The van der Waals surface area contributed by atoms with Crippen LogP contribution in [0.2, 0.25) is 0 Å². The standard InChI is InChI=1S/C19H30O/c1-8-17(6)14-19(16(4)5)20-13-12-18(7)11-9-10-15(2)3/h1,10,12,14,16,19H,9,11,13H2,2-7H3/b17-14-,18-12+. The van der Waals surface area contributed by atoms with Crippen LogP contribution in [-0.2, 0) is 4.74 Å². The summed E-state index contributed by atoms with van der Waals surface area (Å²) in [6.07, 6.45) is 14.2. The summed E-state index contributed by atoms with van der Waals surface area (Å²) < 4.78 is 5.91. The molecule has 0 aliphatic rings. The molecule has 0 bridgehead atoms. The number of allylic oxidation sites excluding steroid dienone is 4. The van der Waals surface area contributed by atoms with Crippen LogP contribution < -0.4 is 0 Å². The van der Waals surface area contributed by atoms with Gasteiger partial charge in [0, 0.05) is 0 Å². The Morgan fingerprint density at radius 2 is 1.80 bits per heavy atom. The minimum atomic E-state index is 0.0906. The van der Waals surface area contributed by atoms with E-state index in [1.165, 1.54) is 11.1 Å². The summed E-state index contributed by atoms with van der Waals surface area (Å²) in [5, 5.41) is 0. The van der Waals surface area contributed by atoms with E-state index in [0.29, 0.717) is 12.5 Å². The number of terminal acetylenes is 1. The molecular formula is C19H30O. The van der Waals surface area contributed by atoms with Crippen LogP contribution in [0.15, 0.2) is 34.9 Å². The minimum Gasteiger partial charge on any atom is -0.370 e. The molecule has 0 saturated heterocycles. The smallest absolute Gasteiger partial charge is 0.0794 e. The van der Waals surface area contributed by atoms with E-state index in [0.717, 1.165) is 18.4 Å². The molecule has 1 atom stereocenters. The fraction of sp³-hybridized carbons (Fsp3) is 0.579. The maximum Gasteiger partial charge on any atom is 0.0794 e. The molecule has 0 N–H and O–H groups in total. The van der Waals surface area contributed by atoms with E-state index < -0.39 is 0 Å². The Bertz CT molecular complexity index is 398. The predicted molar refractivity (Wildman–Crippen MR) is 89.6 cm³/mol. The van der Waals surface area contributed by atoms with Crippen molar-refractivity contribution in [3.63, 3.8) is 0 Å². The summed E-state index contributed by atoms with van der Waals surface area (Å²) in [5.41, 5.74) is 3.69. The van der Waals surface area contributed by atoms with Gasteiger partial charge >= 0.3 is 0 Å². The molecule has 0 radical (unpaired) electrons. The molecule has 1 heteroatoms. The van der Waals surface area contributed by atoms with Gasteiger partial charge in [-0.1, -0.05) is 43.1 Å². The number of hydrogen-bond donors (Lipinski definition) is 0. The zero-order valence-electron chi connectivity index (χ0n) is 14.0. The van der Waals surface area contributed by atoms with Crippen LogP contribution in [0.3, 0.4) is 0 Å². The fourth-order valence-electron chi connectivity index (χ4n) is 1.72. The first-order valence-corrected chi connectivity index (χ1v) is 7.42. The summed E-state index contributed by atoms with van der Waals surface area (Å²) in [6.45, 7) is 13.3. The monoisotopic (exact) mass is 274 g/mol. The van der Waals surface area contributed by atoms with Gasteiger partial charge in [-0.3, -0.25) is 0 Å². The Balaban J connectivity index is 4.30. The summed E-state index contributed by atoms with van der Waals surface area (Å²) in [7, 11) is 0. The molecule has 0 fully saturated rings. The van der Waals surface area contributed by atoms with Gasteiger partial charge < -0.3 is 4.74 Å². The minimum absolute atomic E-state index is 0.0906. The van der Waals surface area contributed by atoms with Gasteiger partial charge in [0.15, 0.2) is 0 Å². The largest absolute Gasteiger partial charge is 0.370 e. The summed E-state index contributed by atoms with van der Waals surface area (Å²) in [4.78, 5) is 0. The zero-order valence-corrected chi connectivity index (χ0v) is 14.0. The molecule has 0 aliphatic carbocycles. The third kappa shape index (κ3) is 9.64. The van der Waals surface area contributed by atoms with E-state index in [1.807, 2.05) is 13.0 Å². The van der Waals surface area contributed by atoms with Crippen molar-refractivity contribution in [3.05, 3.63) is 34.9 Å². The van der Waals surface area contributed by atoms with Gasteiger partial charge in [-0.2, -0.15) is 0 Å². The van der Waals surface area contributed by atoms with Crippen LogP contribution >= 0.6 is 0 Å². The molecule has 1 unspecified atom stereocenters. The summed E-state index contributed by atoms with van der Waals surface area (Å²) >= 11 is 0. The van der Waals surface area contributed by atoms with E-state index in [1.54, 1.807) is 0 Å². The van der Waals surface area contributed by atoms with Gasteiger partial charge in [0.1, 0.15) is 0 Å². The number of rotatable bonds is 8. The second-order valence-electron chi connectivity index (χ2n) is 5.91. The number of ether oxygens (including phenoxy) is 1. The molecule has 0 spiro atoms. The van der Waals surface area contributed by atoms with Crippen LogP contribution in [0, 0.1) is 18.3 Å². The lowest BCUT2D eigenvalue weighted by Gasteiger charge is -2.17. The summed E-state index contributed by atoms with van der Waals surface area (Å²) in [6, 6.07) is 0. The van der Waals surface area contributed by atoms with Crippen molar-refractivity contribution in [2.45, 2.75) is 60.5 Å². The van der Waals surface area contributed by atoms with Gasteiger partial charge in [-0.25, -0.2) is 0 Å². The molecule has 0 aromatic rings. The molecule has 0 amide bonds. The highest BCUT2D eigenvalue weighted by Crippen LogP contribution is 2.12. The average Bonchev–Trinajstić information content (AvgIpc) is 2.36. The molecule has 112 valence electrons. The van der Waals surface area contributed by atoms with Crippen molar-refractivity contribution in [1.82, 2.24) is 0 Å². The van der Waals surface area contributed by atoms with Crippen LogP contribution in [0.4, 0.5) is 0 Å². The fourth-order valence-corrected chi connectivity index (χ4v) is 1.72. The van der Waals surface area contributed by atoms with Gasteiger partial charge in [0.2, 0.25) is 0 Å². The summed E-state index contributed by atoms with van der Waals surface area (Å²) in [5.74, 6) is 3.08. The van der Waals surface area contributed by atoms with E-state index in [-0.39, 0.29) is 6.10 Å². The molecule has 0 saturated carbocycles. The molecule has 0 rings (SSSR count). The van der Waals surface area contributed by atoms with Gasteiger partial charge in [0.25, 0.3) is 0 Å². The number of hydrogen-bond acceptors (Lipinski definition) is 1. The molecule has 0 aromatic heterocycles. The van der Waals surface area contributed by atoms with E-state index in [9.17, 15) is 0 Å². The van der Waals surface area contributed by atoms with Crippen LogP contribution in [0.5, 0.6) is 0 Å². The molecule has 0 heterocycles. The van der Waals surface area contributed by atoms with Crippen LogP contribution in [-0.4, -0.2) is 12.7 Å². The van der Waals surface area contributed by atoms with E-state index in [2.05, 4.69) is 52.7 Å². The lowest BCUT2D eigenvalue weighted by Crippen LogP contribution is -2.17. The molecule has 0 aromatic carbocycles. The van der Waals surface area contributed by atoms with Crippen LogP contribution in [0.1, 0.15) is 54.4 Å². The SMILES string of the molecule is C#C/C(C)=C\C(OC/C=C(\C)CCC=C(C)C)C(C)C. The highest BCUT2D eigenvalue weighted by atomic mass is 16.5. The average molecular weight is 274 g/mol. The third-order valence-corrected chi connectivity index (χ3v) is 3.11. The van der Waals surface area contributed by atoms with Crippen molar-refractivity contribution in [2.24, 2.45) is 5.92 Å². The molecule has 0 aliphatic heterocycles. The first-order chi connectivity index (χ1) is 9.36. The Labute approximate surface area is 125 Å². The van der Waals surface area contributed by atoms with Crippen molar-refractivity contribution in [2.75, 3.05) is 6.61 Å². The van der Waals surface area contributed by atoms with Crippen molar-refractivity contribution in [1.29, 1.82) is 0 Å². The molecule has 1 nitrogen and oxygen atoms in total. The normalized spacial score (nSPS) is 14.1. The van der Waals surface area contributed by atoms with Gasteiger partial charge in [0.05, 0.1) is 12.7 Å². The third-order valence-electron chi connectivity index (χ3n) is 3.11. The second kappa shape index (κ2) is 10.5. The Morgan fingerprint density at radius 3 is 2.30 bits per heavy atom. The highest BCUT2D eigenvalue weighted by molar-refractivity contribution is 5.24. The highest BCUT2D eigenvalue weighted by Gasteiger charge is 2.10. The van der Waals surface area contributed by atoms with Gasteiger partial charge in [-0.15, -0.1) is 6.42 Å². The Hall–Kier alpha value is -1.26. The van der Waals surface area contributed by atoms with Crippen LogP contribution in [0.25, 0.3) is 0 Å². The van der Waals surface area contributed by atoms with Crippen molar-refractivity contribution < 1.29 is 4.74 Å². The van der Waals surface area contributed by atoms with Crippen molar-refractivity contribution in [3.8, 4) is 12.3 Å². The quantitative estimate of drug-likeness (QED) is 0.431. The Kier molecular flexibility index (Phi) is 9.86. The topological polar surface area (TPSA) is 9.23 Å². The first kappa shape index (κ1) is 18.7. The predicted octanol–water partition coefficient (Wildman–Crippen LogP) is 5.30.